The maximum atomic E-state index is 12.2. The third-order valence-electron chi connectivity index (χ3n) is 3.67. The van der Waals surface area contributed by atoms with Crippen LogP contribution in [0.2, 0.25) is 0 Å². The number of hydrogen-bond acceptors (Lipinski definition) is 1. The van der Waals surface area contributed by atoms with Crippen molar-refractivity contribution in [3.8, 4) is 0 Å². The molecule has 0 radical (unpaired) electrons. The largest absolute Gasteiger partial charge is 0.289 e. The fraction of sp³-hybridized carbons (Fsp3) is 0.438. The van der Waals surface area contributed by atoms with Crippen LogP contribution < -0.4 is 0 Å². The Kier molecular flexibility index (Phi) is 3.92. The topological polar surface area (TPSA) is 17.1 Å². The lowest BCUT2D eigenvalue weighted by Crippen LogP contribution is -2.07. The molecule has 0 aromatic heterocycles. The van der Waals surface area contributed by atoms with E-state index in [9.17, 15) is 4.79 Å². The number of carbonyl (C=O) groups is 1. The first-order valence-corrected chi connectivity index (χ1v) is 6.03. The van der Waals surface area contributed by atoms with E-state index in [1.165, 1.54) is 16.7 Å². The fourth-order valence-corrected chi connectivity index (χ4v) is 2.20. The predicted molar refractivity (Wildman–Crippen MR) is 73.9 cm³/mol. The van der Waals surface area contributed by atoms with Crippen LogP contribution in [0, 0.1) is 34.6 Å². The molecule has 0 spiro atoms. The monoisotopic (exact) mass is 230 g/mol. The Morgan fingerprint density at radius 3 is 1.47 bits per heavy atom. The molecule has 0 atom stereocenters. The van der Waals surface area contributed by atoms with Crippen LogP contribution in [-0.2, 0) is 0 Å². The van der Waals surface area contributed by atoms with Gasteiger partial charge >= 0.3 is 0 Å². The van der Waals surface area contributed by atoms with E-state index in [4.69, 9.17) is 0 Å². The van der Waals surface area contributed by atoms with Gasteiger partial charge in [0.1, 0.15) is 0 Å². The van der Waals surface area contributed by atoms with Crippen LogP contribution in [0.1, 0.15) is 52.0 Å². The summed E-state index contributed by atoms with van der Waals surface area (Å²) in [5, 5.41) is 0. The van der Waals surface area contributed by atoms with Crippen LogP contribution in [0.4, 0.5) is 0 Å². The Balaban J connectivity index is 3.55. The molecular weight excluding hydrogens is 208 g/mol. The van der Waals surface area contributed by atoms with Crippen molar-refractivity contribution in [3.63, 3.8) is 0 Å². The van der Waals surface area contributed by atoms with Gasteiger partial charge in [-0.05, 0) is 82.4 Å². The van der Waals surface area contributed by atoms with Gasteiger partial charge in [0, 0.05) is 5.56 Å². The normalized spacial score (nSPS) is 10.3. The van der Waals surface area contributed by atoms with Crippen LogP contribution in [0.3, 0.4) is 0 Å². The van der Waals surface area contributed by atoms with Crippen molar-refractivity contribution < 1.29 is 4.79 Å². The maximum absolute atomic E-state index is 12.2. The molecule has 0 heterocycles. The summed E-state index contributed by atoms with van der Waals surface area (Å²) in [4.78, 5) is 12.2. The van der Waals surface area contributed by atoms with E-state index in [2.05, 4.69) is 20.8 Å². The van der Waals surface area contributed by atoms with E-state index in [1.807, 2.05) is 27.7 Å². The number of carbonyl (C=O) groups excluding carboxylic acids is 1. The number of ketones is 1. The van der Waals surface area contributed by atoms with Crippen molar-refractivity contribution in [2.75, 3.05) is 0 Å². The lowest BCUT2D eigenvalue weighted by Gasteiger charge is -2.17. The zero-order valence-corrected chi connectivity index (χ0v) is 12.0. The molecule has 0 fully saturated rings. The highest BCUT2D eigenvalue weighted by molar-refractivity contribution is 6.07. The summed E-state index contributed by atoms with van der Waals surface area (Å²) in [6.07, 6.45) is 1.73. The van der Waals surface area contributed by atoms with Crippen molar-refractivity contribution in [2.45, 2.75) is 48.5 Å². The molecule has 0 saturated heterocycles. The van der Waals surface area contributed by atoms with Crippen molar-refractivity contribution in [1.29, 1.82) is 0 Å². The molecule has 1 aromatic rings. The van der Waals surface area contributed by atoms with E-state index in [-0.39, 0.29) is 5.78 Å². The Labute approximate surface area is 105 Å². The molecule has 0 unspecified atom stereocenters. The van der Waals surface area contributed by atoms with Crippen LogP contribution in [0.5, 0.6) is 0 Å². The minimum atomic E-state index is 0.131. The van der Waals surface area contributed by atoms with Gasteiger partial charge in [-0.25, -0.2) is 0 Å². The molecule has 1 heteroatoms. The third-order valence-corrected chi connectivity index (χ3v) is 3.67. The Bertz CT molecular complexity index is 472. The van der Waals surface area contributed by atoms with Crippen LogP contribution in [0.25, 0.3) is 0 Å². The lowest BCUT2D eigenvalue weighted by molar-refractivity contribution is 0.104. The fourth-order valence-electron chi connectivity index (χ4n) is 2.20. The maximum Gasteiger partial charge on any atom is 0.186 e. The Morgan fingerprint density at radius 1 is 0.765 bits per heavy atom. The summed E-state index contributed by atoms with van der Waals surface area (Å²) in [5.41, 5.74) is 7.93. The highest BCUT2D eigenvalue weighted by Crippen LogP contribution is 2.26. The summed E-state index contributed by atoms with van der Waals surface area (Å²) in [6.45, 7) is 14.3. The first-order valence-electron chi connectivity index (χ1n) is 6.03. The molecule has 0 saturated carbocycles. The lowest BCUT2D eigenvalue weighted by atomic mass is 9.87. The first kappa shape index (κ1) is 13.7. The zero-order valence-electron chi connectivity index (χ0n) is 12.0. The summed E-state index contributed by atoms with van der Waals surface area (Å²) in [7, 11) is 0. The average Bonchev–Trinajstić information content (AvgIpc) is 2.23. The second-order valence-electron chi connectivity index (χ2n) is 5.09. The van der Waals surface area contributed by atoms with Crippen LogP contribution >= 0.6 is 0 Å². The molecule has 1 aromatic carbocycles. The molecule has 0 bridgehead atoms. The van der Waals surface area contributed by atoms with Crippen molar-refractivity contribution >= 4 is 5.78 Å². The van der Waals surface area contributed by atoms with Gasteiger partial charge in [0.15, 0.2) is 5.78 Å². The average molecular weight is 230 g/mol. The Hall–Kier alpha value is -1.37. The molecule has 0 N–H and O–H groups in total. The van der Waals surface area contributed by atoms with Crippen molar-refractivity contribution in [2.24, 2.45) is 0 Å². The second-order valence-corrected chi connectivity index (χ2v) is 5.09. The summed E-state index contributed by atoms with van der Waals surface area (Å²) in [5.74, 6) is 0.131. The number of benzene rings is 1. The Morgan fingerprint density at radius 2 is 1.12 bits per heavy atom. The standard InChI is InChI=1S/C16H22O/c1-9(2)8-15(17)16-13(6)11(4)10(3)12(5)14(16)7/h8H,1-7H3. The molecule has 17 heavy (non-hydrogen) atoms. The summed E-state index contributed by atoms with van der Waals surface area (Å²) < 4.78 is 0. The molecule has 0 aliphatic rings. The summed E-state index contributed by atoms with van der Waals surface area (Å²) in [6, 6.07) is 0. The zero-order chi connectivity index (χ0) is 13.3. The van der Waals surface area contributed by atoms with Gasteiger partial charge in [-0.15, -0.1) is 0 Å². The number of rotatable bonds is 2. The van der Waals surface area contributed by atoms with Gasteiger partial charge in [-0.1, -0.05) is 5.57 Å². The highest BCUT2D eigenvalue weighted by Gasteiger charge is 2.16. The van der Waals surface area contributed by atoms with Crippen LogP contribution in [-0.4, -0.2) is 5.78 Å². The van der Waals surface area contributed by atoms with E-state index in [1.54, 1.807) is 6.08 Å². The van der Waals surface area contributed by atoms with E-state index in [0.717, 1.165) is 22.3 Å². The van der Waals surface area contributed by atoms with E-state index < -0.39 is 0 Å². The van der Waals surface area contributed by atoms with Gasteiger partial charge in [0.05, 0.1) is 0 Å². The second kappa shape index (κ2) is 4.87. The van der Waals surface area contributed by atoms with Gasteiger partial charge in [0.2, 0.25) is 0 Å². The quantitative estimate of drug-likeness (QED) is 0.544. The SMILES string of the molecule is CC(C)=CC(=O)c1c(C)c(C)c(C)c(C)c1C. The smallest absolute Gasteiger partial charge is 0.186 e. The van der Waals surface area contributed by atoms with E-state index >= 15 is 0 Å². The third kappa shape index (κ3) is 2.49. The molecular formula is C16H22O. The molecule has 92 valence electrons. The van der Waals surface area contributed by atoms with Gasteiger partial charge in [0.25, 0.3) is 0 Å². The summed E-state index contributed by atoms with van der Waals surface area (Å²) >= 11 is 0. The first-order chi connectivity index (χ1) is 7.77. The minimum Gasteiger partial charge on any atom is -0.289 e. The van der Waals surface area contributed by atoms with E-state index in [0.29, 0.717) is 0 Å². The van der Waals surface area contributed by atoms with Crippen LogP contribution in [0.15, 0.2) is 11.6 Å². The van der Waals surface area contributed by atoms with Crippen molar-refractivity contribution in [3.05, 3.63) is 45.0 Å². The molecule has 0 aliphatic heterocycles. The minimum absolute atomic E-state index is 0.131. The van der Waals surface area contributed by atoms with Gasteiger partial charge in [-0.3, -0.25) is 4.79 Å². The molecule has 0 amide bonds. The van der Waals surface area contributed by atoms with Gasteiger partial charge in [-0.2, -0.15) is 0 Å². The predicted octanol–water partition coefficient (Wildman–Crippen LogP) is 4.38. The highest BCUT2D eigenvalue weighted by atomic mass is 16.1. The molecule has 0 aliphatic carbocycles. The van der Waals surface area contributed by atoms with Crippen molar-refractivity contribution in [1.82, 2.24) is 0 Å². The molecule has 1 rings (SSSR count). The number of allylic oxidation sites excluding steroid dienone is 2. The van der Waals surface area contributed by atoms with Gasteiger partial charge < -0.3 is 0 Å². The number of hydrogen-bond donors (Lipinski definition) is 0. The molecule has 1 nitrogen and oxygen atoms in total.